The molecule has 0 saturated carbocycles. The van der Waals surface area contributed by atoms with Crippen molar-refractivity contribution in [2.75, 3.05) is 6.54 Å². The molecule has 0 radical (unpaired) electrons. The maximum Gasteiger partial charge on any atom is 0.246 e. The number of rotatable bonds is 10. The van der Waals surface area contributed by atoms with Gasteiger partial charge < -0.3 is 4.90 Å². The van der Waals surface area contributed by atoms with Crippen molar-refractivity contribution in [2.45, 2.75) is 70.8 Å². The third-order valence-corrected chi connectivity index (χ3v) is 3.56. The molecule has 0 aromatic rings. The molecule has 1 saturated heterocycles. The summed E-state index contributed by atoms with van der Waals surface area (Å²) in [6, 6.07) is 0.528. The fraction of sp³-hybridized carbons (Fsp3) is 0.800. The molecule has 1 aliphatic rings. The van der Waals surface area contributed by atoms with E-state index in [0.29, 0.717) is 6.04 Å². The van der Waals surface area contributed by atoms with Gasteiger partial charge in [0.15, 0.2) is 0 Å². The van der Waals surface area contributed by atoms with Gasteiger partial charge in [-0.25, -0.2) is 0 Å². The molecule has 1 unspecified atom stereocenters. The lowest BCUT2D eigenvalue weighted by Gasteiger charge is -2.02. The Morgan fingerprint density at radius 2 is 1.76 bits per heavy atom. The number of hydrogen-bond donors (Lipinski definition) is 0. The van der Waals surface area contributed by atoms with Crippen LogP contribution in [-0.2, 0) is 4.79 Å². The summed E-state index contributed by atoms with van der Waals surface area (Å²) in [5.41, 5.74) is 0. The van der Waals surface area contributed by atoms with Crippen LogP contribution in [0.3, 0.4) is 0 Å². The van der Waals surface area contributed by atoms with E-state index in [4.69, 9.17) is 0 Å². The Hall–Kier alpha value is -0.790. The third-order valence-electron chi connectivity index (χ3n) is 3.56. The SMILES string of the molecule is C=CC(=O)N1CC1CCCCCCCCCC. The summed E-state index contributed by atoms with van der Waals surface area (Å²) >= 11 is 0. The summed E-state index contributed by atoms with van der Waals surface area (Å²) in [5, 5.41) is 0. The molecule has 0 aromatic carbocycles. The largest absolute Gasteiger partial charge is 0.332 e. The van der Waals surface area contributed by atoms with E-state index in [-0.39, 0.29) is 5.91 Å². The van der Waals surface area contributed by atoms with Gasteiger partial charge in [0.05, 0.1) is 0 Å². The van der Waals surface area contributed by atoms with Crippen LogP contribution < -0.4 is 0 Å². The maximum atomic E-state index is 11.2. The summed E-state index contributed by atoms with van der Waals surface area (Å²) in [4.78, 5) is 13.1. The quantitative estimate of drug-likeness (QED) is 0.320. The number of nitrogens with zero attached hydrogens (tertiary/aromatic N) is 1. The molecule has 0 bridgehead atoms. The van der Waals surface area contributed by atoms with Gasteiger partial charge in [-0.05, 0) is 12.5 Å². The number of carbonyl (C=O) groups is 1. The van der Waals surface area contributed by atoms with E-state index in [9.17, 15) is 4.79 Å². The Balaban J connectivity index is 1.83. The number of carbonyl (C=O) groups excluding carboxylic acids is 1. The van der Waals surface area contributed by atoms with Crippen LogP contribution in [0, 0.1) is 0 Å². The van der Waals surface area contributed by atoms with Crippen LogP contribution in [0.5, 0.6) is 0 Å². The van der Waals surface area contributed by atoms with E-state index < -0.39 is 0 Å². The van der Waals surface area contributed by atoms with Gasteiger partial charge in [0.1, 0.15) is 0 Å². The Kier molecular flexibility index (Phi) is 6.99. The molecule has 2 nitrogen and oxygen atoms in total. The van der Waals surface area contributed by atoms with Gasteiger partial charge >= 0.3 is 0 Å². The molecule has 1 amide bonds. The second kappa shape index (κ2) is 8.32. The second-order valence-electron chi connectivity index (χ2n) is 5.11. The zero-order chi connectivity index (χ0) is 12.5. The van der Waals surface area contributed by atoms with Crippen molar-refractivity contribution in [3.05, 3.63) is 12.7 Å². The van der Waals surface area contributed by atoms with Crippen LogP contribution in [0.4, 0.5) is 0 Å². The van der Waals surface area contributed by atoms with Crippen molar-refractivity contribution in [1.29, 1.82) is 0 Å². The van der Waals surface area contributed by atoms with Crippen molar-refractivity contribution in [2.24, 2.45) is 0 Å². The first-order valence-corrected chi connectivity index (χ1v) is 7.22. The Bertz CT molecular complexity index is 237. The van der Waals surface area contributed by atoms with Crippen LogP contribution >= 0.6 is 0 Å². The summed E-state index contributed by atoms with van der Waals surface area (Å²) < 4.78 is 0. The molecule has 1 fully saturated rings. The molecule has 98 valence electrons. The van der Waals surface area contributed by atoms with Gasteiger partial charge in [-0.3, -0.25) is 4.79 Å². The van der Waals surface area contributed by atoms with Gasteiger partial charge in [0.25, 0.3) is 0 Å². The monoisotopic (exact) mass is 237 g/mol. The van der Waals surface area contributed by atoms with Gasteiger partial charge in [-0.2, -0.15) is 0 Å². The Morgan fingerprint density at radius 1 is 1.18 bits per heavy atom. The fourth-order valence-corrected chi connectivity index (χ4v) is 2.33. The minimum absolute atomic E-state index is 0.106. The molecule has 2 heteroatoms. The van der Waals surface area contributed by atoms with Crippen LogP contribution in [0.25, 0.3) is 0 Å². The number of hydrogen-bond acceptors (Lipinski definition) is 1. The molecule has 1 rings (SSSR count). The molecule has 0 aromatic heterocycles. The Labute approximate surface area is 106 Å². The van der Waals surface area contributed by atoms with Crippen molar-refractivity contribution in [3.63, 3.8) is 0 Å². The lowest BCUT2D eigenvalue weighted by atomic mass is 10.1. The predicted molar refractivity (Wildman–Crippen MR) is 72.9 cm³/mol. The van der Waals surface area contributed by atoms with Crippen molar-refractivity contribution in [3.8, 4) is 0 Å². The lowest BCUT2D eigenvalue weighted by molar-refractivity contribution is -0.121. The highest BCUT2D eigenvalue weighted by Gasteiger charge is 2.35. The van der Waals surface area contributed by atoms with E-state index in [0.717, 1.165) is 6.54 Å². The van der Waals surface area contributed by atoms with Gasteiger partial charge in [-0.1, -0.05) is 64.9 Å². The normalized spacial score (nSPS) is 18.2. The van der Waals surface area contributed by atoms with Crippen molar-refractivity contribution in [1.82, 2.24) is 4.90 Å². The molecule has 0 spiro atoms. The van der Waals surface area contributed by atoms with E-state index >= 15 is 0 Å². The van der Waals surface area contributed by atoms with Crippen LogP contribution in [0.1, 0.15) is 64.7 Å². The molecular weight excluding hydrogens is 210 g/mol. The van der Waals surface area contributed by atoms with E-state index in [1.54, 1.807) is 0 Å². The first kappa shape index (κ1) is 14.3. The topological polar surface area (TPSA) is 20.1 Å². The Morgan fingerprint density at radius 3 is 2.35 bits per heavy atom. The van der Waals surface area contributed by atoms with Crippen molar-refractivity contribution < 1.29 is 4.79 Å². The van der Waals surface area contributed by atoms with E-state index in [1.807, 2.05) is 4.90 Å². The first-order chi connectivity index (χ1) is 8.29. The highest BCUT2D eigenvalue weighted by atomic mass is 16.2. The maximum absolute atomic E-state index is 11.2. The minimum Gasteiger partial charge on any atom is -0.332 e. The van der Waals surface area contributed by atoms with Crippen LogP contribution in [-0.4, -0.2) is 23.4 Å². The standard InChI is InChI=1S/C15H27NO/c1-3-5-6-7-8-9-10-11-12-14-13-16(14)15(17)4-2/h4,14H,2-3,5-13H2,1H3. The summed E-state index contributed by atoms with van der Waals surface area (Å²) in [6.07, 6.45) is 13.5. The average molecular weight is 237 g/mol. The summed E-state index contributed by atoms with van der Waals surface area (Å²) in [7, 11) is 0. The number of unbranched alkanes of at least 4 members (excludes halogenated alkanes) is 7. The zero-order valence-electron chi connectivity index (χ0n) is 11.3. The van der Waals surface area contributed by atoms with Crippen molar-refractivity contribution >= 4 is 5.91 Å². The fourth-order valence-electron chi connectivity index (χ4n) is 2.33. The van der Waals surface area contributed by atoms with Crippen LogP contribution in [0.15, 0.2) is 12.7 Å². The minimum atomic E-state index is 0.106. The first-order valence-electron chi connectivity index (χ1n) is 7.22. The smallest absolute Gasteiger partial charge is 0.246 e. The van der Waals surface area contributed by atoms with E-state index in [1.165, 1.54) is 63.9 Å². The summed E-state index contributed by atoms with van der Waals surface area (Å²) in [6.45, 7) is 6.73. The molecule has 17 heavy (non-hydrogen) atoms. The number of amides is 1. The lowest BCUT2D eigenvalue weighted by Crippen LogP contribution is -2.09. The predicted octanol–water partition coefficient (Wildman–Crippen LogP) is 3.91. The molecule has 0 N–H and O–H groups in total. The highest BCUT2D eigenvalue weighted by Crippen LogP contribution is 2.24. The van der Waals surface area contributed by atoms with Gasteiger partial charge in [-0.15, -0.1) is 0 Å². The molecule has 0 aliphatic carbocycles. The molecular formula is C15H27NO. The van der Waals surface area contributed by atoms with E-state index in [2.05, 4.69) is 13.5 Å². The van der Waals surface area contributed by atoms with Gasteiger partial charge in [0, 0.05) is 12.6 Å². The molecule has 1 atom stereocenters. The van der Waals surface area contributed by atoms with Gasteiger partial charge in [0.2, 0.25) is 5.91 Å². The second-order valence-corrected chi connectivity index (χ2v) is 5.11. The molecule has 1 aliphatic heterocycles. The zero-order valence-corrected chi connectivity index (χ0v) is 11.3. The average Bonchev–Trinajstić information content (AvgIpc) is 3.11. The summed E-state index contributed by atoms with van der Waals surface area (Å²) in [5.74, 6) is 0.106. The highest BCUT2D eigenvalue weighted by molar-refractivity contribution is 5.89. The third kappa shape index (κ3) is 5.90. The van der Waals surface area contributed by atoms with Crippen LogP contribution in [0.2, 0.25) is 0 Å². The molecule has 1 heterocycles.